The molecular weight excluding hydrogens is 395 g/mol. The Morgan fingerprint density at radius 2 is 1.72 bits per heavy atom. The lowest BCUT2D eigenvalue weighted by Crippen LogP contribution is -2.46. The van der Waals surface area contributed by atoms with Crippen LogP contribution in [0, 0.1) is 15.9 Å². The number of halogens is 1. The number of nitrogens with one attached hydrogen (secondary N) is 1. The third kappa shape index (κ3) is 3.82. The standard InChI is InChI=1S/C20H19FN4O3S/c21-14-4-8-16(9-5-14)24-19(26)18(29-20(24)12-2-1-3-13-20)23-22-15-6-10-17(11-7-15)25(27)28/h4-11,22H,1-3,12-13H2/b23-18+. The monoisotopic (exact) mass is 414 g/mol. The quantitative estimate of drug-likeness (QED) is 0.568. The van der Waals surface area contributed by atoms with E-state index >= 15 is 0 Å². The molecule has 1 N–H and O–H groups in total. The molecular formula is C20H19FN4O3S. The molecule has 2 fully saturated rings. The van der Waals surface area contributed by atoms with Crippen LogP contribution in [0.1, 0.15) is 32.1 Å². The summed E-state index contributed by atoms with van der Waals surface area (Å²) in [6.45, 7) is 0. The molecule has 150 valence electrons. The van der Waals surface area contributed by atoms with Crippen LogP contribution in [-0.4, -0.2) is 20.7 Å². The molecule has 29 heavy (non-hydrogen) atoms. The zero-order valence-corrected chi connectivity index (χ0v) is 16.3. The van der Waals surface area contributed by atoms with Crippen LogP contribution in [0.15, 0.2) is 53.6 Å². The van der Waals surface area contributed by atoms with E-state index in [1.165, 1.54) is 36.0 Å². The molecule has 1 aliphatic carbocycles. The number of nitrogens with zero attached hydrogens (tertiary/aromatic N) is 3. The van der Waals surface area contributed by atoms with Crippen molar-refractivity contribution >= 4 is 39.8 Å². The molecule has 1 spiro atoms. The van der Waals surface area contributed by atoms with Gasteiger partial charge in [-0.1, -0.05) is 31.0 Å². The smallest absolute Gasteiger partial charge is 0.286 e. The minimum Gasteiger partial charge on any atom is -0.291 e. The lowest BCUT2D eigenvalue weighted by atomic mass is 9.93. The summed E-state index contributed by atoms with van der Waals surface area (Å²) in [5.41, 5.74) is 4.02. The first-order valence-electron chi connectivity index (χ1n) is 9.36. The average Bonchev–Trinajstić information content (AvgIpc) is 2.99. The van der Waals surface area contributed by atoms with Gasteiger partial charge in [-0.25, -0.2) is 4.39 Å². The molecule has 1 aliphatic heterocycles. The zero-order valence-electron chi connectivity index (χ0n) is 15.5. The van der Waals surface area contributed by atoms with E-state index in [9.17, 15) is 19.3 Å². The highest BCUT2D eigenvalue weighted by molar-refractivity contribution is 8.17. The summed E-state index contributed by atoms with van der Waals surface area (Å²) in [4.78, 5) is 24.8. The van der Waals surface area contributed by atoms with E-state index in [0.717, 1.165) is 32.1 Å². The van der Waals surface area contributed by atoms with Gasteiger partial charge < -0.3 is 0 Å². The number of carbonyl (C=O) groups is 1. The Morgan fingerprint density at radius 1 is 1.07 bits per heavy atom. The molecule has 2 aliphatic rings. The van der Waals surface area contributed by atoms with E-state index in [-0.39, 0.29) is 17.4 Å². The van der Waals surface area contributed by atoms with Gasteiger partial charge in [-0.15, -0.1) is 0 Å². The largest absolute Gasteiger partial charge is 0.291 e. The maximum absolute atomic E-state index is 13.4. The van der Waals surface area contributed by atoms with Crippen molar-refractivity contribution in [3.63, 3.8) is 0 Å². The van der Waals surface area contributed by atoms with Gasteiger partial charge in [0.25, 0.3) is 11.6 Å². The van der Waals surface area contributed by atoms with Crippen molar-refractivity contribution in [3.05, 3.63) is 64.5 Å². The SMILES string of the molecule is O=C1/C(=N\Nc2ccc([N+](=O)[O-])cc2)SC2(CCCCC2)N1c1ccc(F)cc1. The second kappa shape index (κ2) is 7.82. The van der Waals surface area contributed by atoms with Gasteiger partial charge in [0, 0.05) is 17.8 Å². The number of hydrogen-bond acceptors (Lipinski definition) is 6. The topological polar surface area (TPSA) is 87.8 Å². The van der Waals surface area contributed by atoms with E-state index in [2.05, 4.69) is 10.5 Å². The molecule has 0 aromatic heterocycles. The lowest BCUT2D eigenvalue weighted by Gasteiger charge is -2.39. The lowest BCUT2D eigenvalue weighted by molar-refractivity contribution is -0.384. The van der Waals surface area contributed by atoms with Gasteiger partial charge in [-0.2, -0.15) is 5.10 Å². The first kappa shape index (κ1) is 19.4. The fraction of sp³-hybridized carbons (Fsp3) is 0.300. The van der Waals surface area contributed by atoms with Crippen LogP contribution in [0.25, 0.3) is 0 Å². The zero-order chi connectivity index (χ0) is 20.4. The van der Waals surface area contributed by atoms with E-state index in [0.29, 0.717) is 16.4 Å². The first-order chi connectivity index (χ1) is 14.0. The number of hydrogen-bond donors (Lipinski definition) is 1. The van der Waals surface area contributed by atoms with Crippen molar-refractivity contribution < 1.29 is 14.1 Å². The summed E-state index contributed by atoms with van der Waals surface area (Å²) < 4.78 is 13.4. The minimum absolute atomic E-state index is 0.0156. The Hall–Kier alpha value is -2.94. The summed E-state index contributed by atoms with van der Waals surface area (Å²) in [7, 11) is 0. The van der Waals surface area contributed by atoms with Crippen LogP contribution in [0.5, 0.6) is 0 Å². The van der Waals surface area contributed by atoms with Crippen molar-refractivity contribution in [1.82, 2.24) is 0 Å². The van der Waals surface area contributed by atoms with Crippen molar-refractivity contribution in [2.75, 3.05) is 10.3 Å². The number of nitro benzene ring substituents is 1. The molecule has 1 saturated carbocycles. The number of amides is 1. The normalized spacial score (nSPS) is 19.7. The Balaban J connectivity index is 1.61. The van der Waals surface area contributed by atoms with E-state index in [4.69, 9.17) is 0 Å². The second-order valence-corrected chi connectivity index (χ2v) is 8.41. The summed E-state index contributed by atoms with van der Waals surface area (Å²) in [6.07, 6.45) is 4.85. The molecule has 0 atom stereocenters. The van der Waals surface area contributed by atoms with Gasteiger partial charge in [0.05, 0.1) is 10.6 Å². The molecule has 9 heteroatoms. The van der Waals surface area contributed by atoms with Gasteiger partial charge in [0.1, 0.15) is 10.7 Å². The van der Waals surface area contributed by atoms with Gasteiger partial charge in [0.15, 0.2) is 5.04 Å². The summed E-state index contributed by atoms with van der Waals surface area (Å²) in [6, 6.07) is 11.8. The van der Waals surface area contributed by atoms with Gasteiger partial charge in [-0.05, 0) is 49.2 Å². The third-order valence-electron chi connectivity index (χ3n) is 5.16. The third-order valence-corrected chi connectivity index (χ3v) is 6.59. The summed E-state index contributed by atoms with van der Waals surface area (Å²) >= 11 is 1.44. The number of thioether (sulfide) groups is 1. The van der Waals surface area contributed by atoms with Crippen molar-refractivity contribution in [3.8, 4) is 0 Å². The Bertz CT molecular complexity index is 957. The highest BCUT2D eigenvalue weighted by Gasteiger charge is 2.51. The number of hydrazone groups is 1. The number of nitro groups is 1. The molecule has 2 aromatic rings. The summed E-state index contributed by atoms with van der Waals surface area (Å²) in [5, 5.41) is 15.4. The van der Waals surface area contributed by atoms with E-state index in [1.807, 2.05) is 0 Å². The number of non-ortho nitro benzene ring substituents is 1. The van der Waals surface area contributed by atoms with Gasteiger partial charge in [-0.3, -0.25) is 25.2 Å². The van der Waals surface area contributed by atoms with Crippen molar-refractivity contribution in [2.24, 2.45) is 5.10 Å². The van der Waals surface area contributed by atoms with Crippen LogP contribution in [0.4, 0.5) is 21.5 Å². The molecule has 0 radical (unpaired) electrons. The van der Waals surface area contributed by atoms with Gasteiger partial charge in [0.2, 0.25) is 0 Å². The van der Waals surface area contributed by atoms with Crippen molar-refractivity contribution in [1.29, 1.82) is 0 Å². The molecule has 1 saturated heterocycles. The van der Waals surface area contributed by atoms with Crippen molar-refractivity contribution in [2.45, 2.75) is 37.0 Å². The molecule has 1 heterocycles. The van der Waals surface area contributed by atoms with Crippen LogP contribution in [0.3, 0.4) is 0 Å². The van der Waals surface area contributed by atoms with Crippen LogP contribution >= 0.6 is 11.8 Å². The fourth-order valence-corrected chi connectivity index (χ4v) is 5.17. The highest BCUT2D eigenvalue weighted by atomic mass is 32.2. The maximum Gasteiger partial charge on any atom is 0.286 e. The molecule has 2 aromatic carbocycles. The molecule has 7 nitrogen and oxygen atoms in total. The summed E-state index contributed by atoms with van der Waals surface area (Å²) in [5.74, 6) is -0.572. The molecule has 4 rings (SSSR count). The number of rotatable bonds is 4. The second-order valence-electron chi connectivity index (χ2n) is 7.06. The van der Waals surface area contributed by atoms with E-state index < -0.39 is 9.79 Å². The Morgan fingerprint density at radius 3 is 2.34 bits per heavy atom. The minimum atomic E-state index is -0.473. The first-order valence-corrected chi connectivity index (χ1v) is 10.2. The van der Waals surface area contributed by atoms with Crippen LogP contribution in [0.2, 0.25) is 0 Å². The molecule has 0 bridgehead atoms. The maximum atomic E-state index is 13.4. The number of anilines is 2. The fourth-order valence-electron chi connectivity index (χ4n) is 3.77. The predicted molar refractivity (Wildman–Crippen MR) is 111 cm³/mol. The molecule has 1 amide bonds. The van der Waals surface area contributed by atoms with Crippen LogP contribution < -0.4 is 10.3 Å². The Kier molecular flexibility index (Phi) is 5.23. The molecule has 0 unspecified atom stereocenters. The number of carbonyl (C=O) groups excluding carboxylic acids is 1. The van der Waals surface area contributed by atoms with E-state index in [1.54, 1.807) is 29.2 Å². The highest BCUT2D eigenvalue weighted by Crippen LogP contribution is 2.50. The number of benzene rings is 2. The van der Waals surface area contributed by atoms with Gasteiger partial charge >= 0.3 is 0 Å². The van der Waals surface area contributed by atoms with Crippen LogP contribution in [-0.2, 0) is 4.79 Å². The predicted octanol–water partition coefficient (Wildman–Crippen LogP) is 4.90. The average molecular weight is 414 g/mol. The Labute approximate surface area is 171 Å².